The minimum atomic E-state index is -0.303. The van der Waals surface area contributed by atoms with Gasteiger partial charge in [0.25, 0.3) is 0 Å². The van der Waals surface area contributed by atoms with Crippen molar-refractivity contribution in [3.63, 3.8) is 0 Å². The van der Waals surface area contributed by atoms with E-state index >= 15 is 0 Å². The van der Waals surface area contributed by atoms with Crippen LogP contribution in [0.4, 0.5) is 0 Å². The first kappa shape index (κ1) is 11.5. The Morgan fingerprint density at radius 2 is 1.94 bits per heavy atom. The number of primary amides is 1. The lowest BCUT2D eigenvalue weighted by molar-refractivity contribution is -0.118. The molecule has 0 aliphatic carbocycles. The van der Waals surface area contributed by atoms with Crippen molar-refractivity contribution in [3.05, 3.63) is 60.1 Å². The molecule has 0 saturated heterocycles. The third kappa shape index (κ3) is 3.21. The van der Waals surface area contributed by atoms with Gasteiger partial charge in [-0.3, -0.25) is 4.79 Å². The molecule has 2 aromatic rings. The monoisotopic (exact) mass is 229 g/mol. The predicted molar refractivity (Wildman–Crippen MR) is 65.4 cm³/mol. The lowest BCUT2D eigenvalue weighted by Gasteiger charge is -2.12. The summed E-state index contributed by atoms with van der Waals surface area (Å²) >= 11 is 0. The Bertz CT molecular complexity index is 462. The van der Waals surface area contributed by atoms with Gasteiger partial charge in [0, 0.05) is 12.3 Å². The molecule has 3 heteroatoms. The molecule has 1 heterocycles. The summed E-state index contributed by atoms with van der Waals surface area (Å²) in [5, 5.41) is 0. The molecule has 3 nitrogen and oxygen atoms in total. The number of carbonyl (C=O) groups excluding carboxylic acids is 1. The van der Waals surface area contributed by atoms with Crippen molar-refractivity contribution in [1.82, 2.24) is 0 Å². The van der Waals surface area contributed by atoms with Crippen LogP contribution in [-0.4, -0.2) is 5.91 Å². The van der Waals surface area contributed by atoms with Crippen molar-refractivity contribution >= 4 is 5.91 Å². The normalized spacial score (nSPS) is 12.2. The van der Waals surface area contributed by atoms with Gasteiger partial charge in [-0.2, -0.15) is 0 Å². The number of benzene rings is 1. The zero-order valence-electron chi connectivity index (χ0n) is 9.50. The fourth-order valence-corrected chi connectivity index (χ4v) is 1.94. The second-order valence-corrected chi connectivity index (χ2v) is 4.07. The van der Waals surface area contributed by atoms with Gasteiger partial charge in [-0.25, -0.2) is 0 Å². The number of rotatable bonds is 5. The van der Waals surface area contributed by atoms with E-state index in [1.54, 1.807) is 6.26 Å². The van der Waals surface area contributed by atoms with Gasteiger partial charge in [0.2, 0.25) is 5.91 Å². The van der Waals surface area contributed by atoms with Crippen LogP contribution >= 0.6 is 0 Å². The van der Waals surface area contributed by atoms with Crippen molar-refractivity contribution in [2.45, 2.75) is 18.8 Å². The molecule has 2 rings (SSSR count). The highest BCUT2D eigenvalue weighted by molar-refractivity contribution is 5.74. The second-order valence-electron chi connectivity index (χ2n) is 4.07. The first-order valence-electron chi connectivity index (χ1n) is 5.61. The average Bonchev–Trinajstić information content (AvgIpc) is 2.82. The molecule has 0 spiro atoms. The lowest BCUT2D eigenvalue weighted by Crippen LogP contribution is -2.16. The summed E-state index contributed by atoms with van der Waals surface area (Å²) in [6.07, 6.45) is 2.69. The Balaban J connectivity index is 2.14. The van der Waals surface area contributed by atoms with E-state index in [0.29, 0.717) is 6.42 Å². The summed E-state index contributed by atoms with van der Waals surface area (Å²) in [5.41, 5.74) is 6.45. The van der Waals surface area contributed by atoms with E-state index in [-0.39, 0.29) is 11.8 Å². The van der Waals surface area contributed by atoms with Crippen LogP contribution in [-0.2, 0) is 11.2 Å². The molecule has 0 aliphatic rings. The molecule has 0 radical (unpaired) electrons. The maximum absolute atomic E-state index is 11.1. The van der Waals surface area contributed by atoms with Gasteiger partial charge < -0.3 is 10.2 Å². The molecule has 1 atom stereocenters. The van der Waals surface area contributed by atoms with E-state index < -0.39 is 0 Å². The SMILES string of the molecule is NC(=O)C[C@H](Cc1ccccc1)c1ccco1. The maximum atomic E-state index is 11.1. The first-order valence-corrected chi connectivity index (χ1v) is 5.61. The van der Waals surface area contributed by atoms with Crippen LogP contribution in [0, 0.1) is 0 Å². The fourth-order valence-electron chi connectivity index (χ4n) is 1.94. The van der Waals surface area contributed by atoms with E-state index in [4.69, 9.17) is 10.2 Å². The quantitative estimate of drug-likeness (QED) is 0.856. The van der Waals surface area contributed by atoms with Gasteiger partial charge in [0.1, 0.15) is 5.76 Å². The summed E-state index contributed by atoms with van der Waals surface area (Å²) < 4.78 is 5.36. The van der Waals surface area contributed by atoms with Crippen molar-refractivity contribution < 1.29 is 9.21 Å². The fraction of sp³-hybridized carbons (Fsp3) is 0.214. The maximum Gasteiger partial charge on any atom is 0.218 e. The Kier molecular flexibility index (Phi) is 3.60. The van der Waals surface area contributed by atoms with Crippen LogP contribution in [0.25, 0.3) is 0 Å². The first-order chi connectivity index (χ1) is 8.25. The van der Waals surface area contributed by atoms with Crippen LogP contribution in [0.5, 0.6) is 0 Å². The number of furan rings is 1. The topological polar surface area (TPSA) is 56.2 Å². The summed E-state index contributed by atoms with van der Waals surface area (Å²) in [6, 6.07) is 13.7. The highest BCUT2D eigenvalue weighted by Gasteiger charge is 2.17. The standard InChI is InChI=1S/C14H15NO2/c15-14(16)10-12(13-7-4-8-17-13)9-11-5-2-1-3-6-11/h1-8,12H,9-10H2,(H2,15,16)/t12-/m0/s1. The van der Waals surface area contributed by atoms with Crippen LogP contribution in [0.15, 0.2) is 53.1 Å². The molecule has 1 aromatic heterocycles. The van der Waals surface area contributed by atoms with Crippen LogP contribution in [0.3, 0.4) is 0 Å². The van der Waals surface area contributed by atoms with Gasteiger partial charge in [-0.05, 0) is 24.1 Å². The van der Waals surface area contributed by atoms with E-state index in [1.807, 2.05) is 42.5 Å². The molecule has 17 heavy (non-hydrogen) atoms. The number of carbonyl (C=O) groups is 1. The van der Waals surface area contributed by atoms with E-state index in [2.05, 4.69) is 0 Å². The van der Waals surface area contributed by atoms with Crippen LogP contribution in [0.1, 0.15) is 23.7 Å². The Morgan fingerprint density at radius 1 is 1.18 bits per heavy atom. The second kappa shape index (κ2) is 5.34. The zero-order valence-corrected chi connectivity index (χ0v) is 9.50. The highest BCUT2D eigenvalue weighted by atomic mass is 16.3. The van der Waals surface area contributed by atoms with E-state index in [0.717, 1.165) is 12.2 Å². The van der Waals surface area contributed by atoms with Gasteiger partial charge in [0.15, 0.2) is 0 Å². The highest BCUT2D eigenvalue weighted by Crippen LogP contribution is 2.24. The Labute approximate surface area is 100 Å². The minimum absolute atomic E-state index is 0.0184. The molecule has 0 bridgehead atoms. The van der Waals surface area contributed by atoms with Crippen LogP contribution < -0.4 is 5.73 Å². The number of nitrogens with two attached hydrogens (primary N) is 1. The number of hydrogen-bond donors (Lipinski definition) is 1. The Morgan fingerprint density at radius 3 is 2.53 bits per heavy atom. The predicted octanol–water partition coefficient (Wildman–Crippen LogP) is 2.48. The zero-order chi connectivity index (χ0) is 12.1. The molecule has 0 fully saturated rings. The number of amides is 1. The van der Waals surface area contributed by atoms with Crippen LogP contribution in [0.2, 0.25) is 0 Å². The van der Waals surface area contributed by atoms with Crippen molar-refractivity contribution in [3.8, 4) is 0 Å². The third-order valence-corrected chi connectivity index (χ3v) is 2.72. The summed E-state index contributed by atoms with van der Waals surface area (Å²) in [5.74, 6) is 0.528. The van der Waals surface area contributed by atoms with E-state index in [1.165, 1.54) is 5.56 Å². The summed E-state index contributed by atoms with van der Waals surface area (Å²) in [7, 11) is 0. The lowest BCUT2D eigenvalue weighted by atomic mass is 9.94. The molecular formula is C14H15NO2. The molecule has 1 amide bonds. The third-order valence-electron chi connectivity index (χ3n) is 2.72. The van der Waals surface area contributed by atoms with Gasteiger partial charge in [-0.15, -0.1) is 0 Å². The largest absolute Gasteiger partial charge is 0.469 e. The van der Waals surface area contributed by atoms with Gasteiger partial charge in [-0.1, -0.05) is 30.3 Å². The van der Waals surface area contributed by atoms with Crippen molar-refractivity contribution in [2.24, 2.45) is 5.73 Å². The Hall–Kier alpha value is -2.03. The molecule has 1 aromatic carbocycles. The number of hydrogen-bond acceptors (Lipinski definition) is 2. The average molecular weight is 229 g/mol. The smallest absolute Gasteiger partial charge is 0.218 e. The molecule has 0 aliphatic heterocycles. The molecule has 2 N–H and O–H groups in total. The molecular weight excluding hydrogens is 214 g/mol. The van der Waals surface area contributed by atoms with E-state index in [9.17, 15) is 4.79 Å². The van der Waals surface area contributed by atoms with Crippen molar-refractivity contribution in [1.29, 1.82) is 0 Å². The minimum Gasteiger partial charge on any atom is -0.469 e. The molecule has 0 unspecified atom stereocenters. The van der Waals surface area contributed by atoms with Crippen molar-refractivity contribution in [2.75, 3.05) is 0 Å². The molecule has 88 valence electrons. The van der Waals surface area contributed by atoms with Gasteiger partial charge in [0.05, 0.1) is 6.26 Å². The van der Waals surface area contributed by atoms with Gasteiger partial charge >= 0.3 is 0 Å². The summed E-state index contributed by atoms with van der Waals surface area (Å²) in [6.45, 7) is 0. The molecule has 0 saturated carbocycles. The summed E-state index contributed by atoms with van der Waals surface area (Å²) in [4.78, 5) is 11.1.